The highest BCUT2D eigenvalue weighted by molar-refractivity contribution is 9.10. The number of nitrogens with one attached hydrogen (secondary N) is 2. The Labute approximate surface area is 240 Å². The van der Waals surface area contributed by atoms with Crippen LogP contribution < -0.4 is 15.5 Å². The maximum Gasteiger partial charge on any atom is 0.343 e. The zero-order valence-electron chi connectivity index (χ0n) is 20.4. The van der Waals surface area contributed by atoms with Crippen molar-refractivity contribution >= 4 is 63.0 Å². The number of thiophene rings is 1. The molecule has 40 heavy (non-hydrogen) atoms. The SMILES string of the molecule is O=C(N/N=C\c1cc([N+](=O)[O-])cc(Br)c1OC(=O)c1ccccc1)/C(=C\c1cccs1)NC(=O)c1ccccc1. The van der Waals surface area contributed by atoms with E-state index in [-0.39, 0.29) is 32.7 Å². The van der Waals surface area contributed by atoms with Gasteiger partial charge in [-0.15, -0.1) is 11.3 Å². The van der Waals surface area contributed by atoms with Gasteiger partial charge in [-0.3, -0.25) is 19.7 Å². The molecule has 0 aliphatic carbocycles. The number of carbonyl (C=O) groups excluding carboxylic acids is 3. The van der Waals surface area contributed by atoms with Crippen LogP contribution in [0.3, 0.4) is 0 Å². The lowest BCUT2D eigenvalue weighted by Crippen LogP contribution is -2.32. The van der Waals surface area contributed by atoms with Crippen molar-refractivity contribution in [2.24, 2.45) is 5.10 Å². The molecule has 1 heterocycles. The van der Waals surface area contributed by atoms with Gasteiger partial charge in [0.05, 0.1) is 21.2 Å². The largest absolute Gasteiger partial charge is 0.421 e. The standard InChI is InChI=1S/C28H19BrN4O6S/c29-23-15-21(33(37)38)14-20(25(23)39-28(36)19-10-5-2-6-11-19)17-30-32-27(35)24(16-22-12-7-13-40-22)31-26(34)18-8-3-1-4-9-18/h1-17H,(H,31,34)(H,32,35)/b24-16+,30-17-. The molecular weight excluding hydrogens is 600 g/mol. The summed E-state index contributed by atoms with van der Waals surface area (Å²) in [5.74, 6) is -1.98. The van der Waals surface area contributed by atoms with Crippen molar-refractivity contribution in [3.05, 3.63) is 132 Å². The van der Waals surface area contributed by atoms with Gasteiger partial charge in [0.1, 0.15) is 5.70 Å². The van der Waals surface area contributed by atoms with Gasteiger partial charge in [-0.1, -0.05) is 42.5 Å². The Morgan fingerprint density at radius 3 is 2.25 bits per heavy atom. The Bertz CT molecular complexity index is 1610. The van der Waals surface area contributed by atoms with Crippen LogP contribution in [-0.4, -0.2) is 28.9 Å². The van der Waals surface area contributed by atoms with Gasteiger partial charge < -0.3 is 10.1 Å². The van der Waals surface area contributed by atoms with Crippen LogP contribution in [0.25, 0.3) is 6.08 Å². The molecule has 0 spiro atoms. The minimum Gasteiger partial charge on any atom is -0.421 e. The lowest BCUT2D eigenvalue weighted by molar-refractivity contribution is -0.385. The summed E-state index contributed by atoms with van der Waals surface area (Å²) in [6.07, 6.45) is 2.60. The third-order valence-corrected chi connectivity index (χ3v) is 6.61. The number of halogens is 1. The van der Waals surface area contributed by atoms with Crippen LogP contribution in [-0.2, 0) is 4.79 Å². The van der Waals surface area contributed by atoms with Gasteiger partial charge in [0, 0.05) is 28.1 Å². The molecule has 0 atom stereocenters. The number of amides is 2. The fourth-order valence-corrected chi connectivity index (χ4v) is 4.52. The molecule has 0 fully saturated rings. The Balaban J connectivity index is 1.58. The first-order valence-corrected chi connectivity index (χ1v) is 13.2. The molecule has 0 aliphatic heterocycles. The molecule has 0 unspecified atom stereocenters. The van der Waals surface area contributed by atoms with Crippen LogP contribution in [0.2, 0.25) is 0 Å². The predicted molar refractivity (Wildman–Crippen MR) is 154 cm³/mol. The molecule has 2 amide bonds. The normalized spacial score (nSPS) is 11.2. The van der Waals surface area contributed by atoms with E-state index in [1.54, 1.807) is 72.8 Å². The molecule has 0 bridgehead atoms. The van der Waals surface area contributed by atoms with E-state index in [1.165, 1.54) is 23.5 Å². The van der Waals surface area contributed by atoms with E-state index in [2.05, 4.69) is 31.8 Å². The van der Waals surface area contributed by atoms with Crippen molar-refractivity contribution in [1.29, 1.82) is 0 Å². The average Bonchev–Trinajstić information content (AvgIpc) is 3.48. The van der Waals surface area contributed by atoms with E-state index in [1.807, 2.05) is 5.38 Å². The number of rotatable bonds is 9. The summed E-state index contributed by atoms with van der Waals surface area (Å²) >= 11 is 4.57. The predicted octanol–water partition coefficient (Wildman–Crippen LogP) is 5.56. The molecule has 0 saturated carbocycles. The first-order chi connectivity index (χ1) is 19.3. The average molecular weight is 619 g/mol. The zero-order chi connectivity index (χ0) is 28.5. The van der Waals surface area contributed by atoms with Crippen molar-refractivity contribution in [2.45, 2.75) is 0 Å². The number of hydrogen-bond donors (Lipinski definition) is 2. The molecule has 10 nitrogen and oxygen atoms in total. The highest BCUT2D eigenvalue weighted by atomic mass is 79.9. The van der Waals surface area contributed by atoms with E-state index in [9.17, 15) is 24.5 Å². The van der Waals surface area contributed by atoms with Crippen LogP contribution in [0, 0.1) is 10.1 Å². The first kappa shape index (κ1) is 28.1. The van der Waals surface area contributed by atoms with Crippen LogP contribution in [0.1, 0.15) is 31.2 Å². The van der Waals surface area contributed by atoms with Crippen LogP contribution in [0.4, 0.5) is 5.69 Å². The van der Waals surface area contributed by atoms with E-state index < -0.39 is 22.7 Å². The summed E-state index contributed by atoms with van der Waals surface area (Å²) in [6, 6.07) is 22.4. The van der Waals surface area contributed by atoms with E-state index in [0.717, 1.165) is 12.3 Å². The molecular formula is C28H19BrN4O6S. The van der Waals surface area contributed by atoms with Gasteiger partial charge in [-0.05, 0) is 57.7 Å². The van der Waals surface area contributed by atoms with Crippen molar-refractivity contribution in [1.82, 2.24) is 10.7 Å². The van der Waals surface area contributed by atoms with Crippen molar-refractivity contribution in [3.63, 3.8) is 0 Å². The molecule has 0 saturated heterocycles. The van der Waals surface area contributed by atoms with E-state index >= 15 is 0 Å². The number of hydrazone groups is 1. The Hall–Kier alpha value is -4.94. The van der Waals surface area contributed by atoms with Gasteiger partial charge in [0.25, 0.3) is 17.5 Å². The van der Waals surface area contributed by atoms with Gasteiger partial charge >= 0.3 is 5.97 Å². The highest BCUT2D eigenvalue weighted by Crippen LogP contribution is 2.33. The van der Waals surface area contributed by atoms with Gasteiger partial charge in [-0.25, -0.2) is 10.2 Å². The van der Waals surface area contributed by atoms with Crippen molar-refractivity contribution in [2.75, 3.05) is 0 Å². The molecule has 200 valence electrons. The number of nitrogens with zero attached hydrogens (tertiary/aromatic N) is 2. The van der Waals surface area contributed by atoms with E-state index in [4.69, 9.17) is 4.74 Å². The molecule has 12 heteroatoms. The lowest BCUT2D eigenvalue weighted by atomic mass is 10.2. The maximum absolute atomic E-state index is 13.0. The fraction of sp³-hybridized carbons (Fsp3) is 0. The first-order valence-electron chi connectivity index (χ1n) is 11.5. The molecule has 0 aliphatic rings. The van der Waals surface area contributed by atoms with Crippen molar-refractivity contribution in [3.8, 4) is 5.75 Å². The number of esters is 1. The van der Waals surface area contributed by atoms with Gasteiger partial charge in [-0.2, -0.15) is 5.10 Å². The molecule has 3 aromatic carbocycles. The smallest absolute Gasteiger partial charge is 0.343 e. The topological polar surface area (TPSA) is 140 Å². The van der Waals surface area contributed by atoms with Gasteiger partial charge in [0.2, 0.25) is 0 Å². The number of ether oxygens (including phenoxy) is 1. The van der Waals surface area contributed by atoms with E-state index in [0.29, 0.717) is 10.4 Å². The van der Waals surface area contributed by atoms with Crippen LogP contribution >= 0.6 is 27.3 Å². The summed E-state index contributed by atoms with van der Waals surface area (Å²) in [5, 5.41) is 19.7. The minimum atomic E-state index is -0.749. The molecule has 1 aromatic heterocycles. The summed E-state index contributed by atoms with van der Waals surface area (Å²) in [4.78, 5) is 49.9. The maximum atomic E-state index is 13.0. The second kappa shape index (κ2) is 13.2. The molecule has 0 radical (unpaired) electrons. The summed E-state index contributed by atoms with van der Waals surface area (Å²) < 4.78 is 5.63. The second-order valence-corrected chi connectivity index (χ2v) is 9.78. The lowest BCUT2D eigenvalue weighted by Gasteiger charge is -2.10. The number of non-ortho nitro benzene ring substituents is 1. The Morgan fingerprint density at radius 1 is 0.950 bits per heavy atom. The third-order valence-electron chi connectivity index (χ3n) is 5.20. The molecule has 2 N–H and O–H groups in total. The monoisotopic (exact) mass is 618 g/mol. The number of benzene rings is 3. The number of hydrogen-bond acceptors (Lipinski definition) is 8. The quantitative estimate of drug-likeness (QED) is 0.0628. The zero-order valence-corrected chi connectivity index (χ0v) is 22.8. The third kappa shape index (κ3) is 7.34. The fourth-order valence-electron chi connectivity index (χ4n) is 3.31. The number of nitro benzene ring substituents is 1. The number of carbonyl (C=O) groups is 3. The van der Waals surface area contributed by atoms with Crippen LogP contribution in [0.5, 0.6) is 5.75 Å². The van der Waals surface area contributed by atoms with Gasteiger partial charge in [0.15, 0.2) is 5.75 Å². The van der Waals surface area contributed by atoms with Crippen molar-refractivity contribution < 1.29 is 24.0 Å². The second-order valence-electron chi connectivity index (χ2n) is 7.95. The van der Waals surface area contributed by atoms with Crippen LogP contribution in [0.15, 0.2) is 106 Å². The number of nitro groups is 1. The summed E-state index contributed by atoms with van der Waals surface area (Å²) in [7, 11) is 0. The summed E-state index contributed by atoms with van der Waals surface area (Å²) in [5.41, 5.74) is 2.59. The molecule has 4 rings (SSSR count). The Kier molecular flexibility index (Phi) is 9.28. The minimum absolute atomic E-state index is 0.0378. The summed E-state index contributed by atoms with van der Waals surface area (Å²) in [6.45, 7) is 0. The highest BCUT2D eigenvalue weighted by Gasteiger charge is 2.20. The molecule has 4 aromatic rings. The Morgan fingerprint density at radius 2 is 1.62 bits per heavy atom.